The van der Waals surface area contributed by atoms with E-state index in [1.807, 2.05) is 48.9 Å². The Bertz CT molecular complexity index is 1010. The van der Waals surface area contributed by atoms with Crippen LogP contribution in [0.1, 0.15) is 31.0 Å². The van der Waals surface area contributed by atoms with Gasteiger partial charge in [-0.1, -0.05) is 23.7 Å². The first-order valence-corrected chi connectivity index (χ1v) is 9.96. The van der Waals surface area contributed by atoms with Crippen LogP contribution in [0, 0.1) is 0 Å². The fourth-order valence-corrected chi connectivity index (χ4v) is 3.31. The highest BCUT2D eigenvalue weighted by Gasteiger charge is 2.11. The van der Waals surface area contributed by atoms with Gasteiger partial charge in [-0.15, -0.1) is 0 Å². The monoisotopic (exact) mass is 425 g/mol. The zero-order valence-electron chi connectivity index (χ0n) is 17.1. The third-order valence-corrected chi connectivity index (χ3v) is 4.80. The second-order valence-electron chi connectivity index (χ2n) is 6.59. The average molecular weight is 426 g/mol. The van der Waals surface area contributed by atoms with E-state index >= 15 is 0 Å². The maximum Gasteiger partial charge on any atom is 0.244 e. The van der Waals surface area contributed by atoms with Crippen LogP contribution in [0.3, 0.4) is 0 Å². The Morgan fingerprint density at radius 1 is 1.30 bits per heavy atom. The van der Waals surface area contributed by atoms with Crippen molar-refractivity contribution in [3.05, 3.63) is 77.3 Å². The van der Waals surface area contributed by atoms with Crippen LogP contribution in [0.4, 0.5) is 0 Å². The molecule has 1 unspecified atom stereocenters. The number of ether oxygens (including phenoxy) is 2. The molecular formula is C23H24ClN3O3. The van der Waals surface area contributed by atoms with Gasteiger partial charge in [0.1, 0.15) is 0 Å². The Labute approximate surface area is 181 Å². The number of nitrogens with one attached hydrogen (secondary N) is 1. The summed E-state index contributed by atoms with van der Waals surface area (Å²) in [6.45, 7) is 4.31. The molecule has 2 aromatic carbocycles. The van der Waals surface area contributed by atoms with Gasteiger partial charge in [-0.2, -0.15) is 0 Å². The summed E-state index contributed by atoms with van der Waals surface area (Å²) in [4.78, 5) is 16.4. The number of hydrogen-bond acceptors (Lipinski definition) is 4. The Morgan fingerprint density at radius 3 is 2.70 bits per heavy atom. The fourth-order valence-electron chi connectivity index (χ4n) is 3.01. The van der Waals surface area contributed by atoms with Gasteiger partial charge in [0.2, 0.25) is 5.91 Å². The second-order valence-corrected chi connectivity index (χ2v) is 7.00. The number of methoxy groups -OCH3 is 1. The van der Waals surface area contributed by atoms with E-state index in [9.17, 15) is 4.79 Å². The molecule has 0 aliphatic rings. The lowest BCUT2D eigenvalue weighted by molar-refractivity contribution is -0.117. The summed E-state index contributed by atoms with van der Waals surface area (Å²) in [5, 5.41) is 3.39. The molecule has 30 heavy (non-hydrogen) atoms. The van der Waals surface area contributed by atoms with Gasteiger partial charge in [-0.05, 0) is 55.3 Å². The Morgan fingerprint density at radius 2 is 2.07 bits per heavy atom. The minimum atomic E-state index is -0.203. The molecule has 0 spiro atoms. The summed E-state index contributed by atoms with van der Waals surface area (Å²) in [6.07, 6.45) is 8.53. The van der Waals surface area contributed by atoms with E-state index in [0.29, 0.717) is 23.1 Å². The summed E-state index contributed by atoms with van der Waals surface area (Å²) >= 11 is 6.25. The van der Waals surface area contributed by atoms with E-state index in [1.165, 1.54) is 13.2 Å². The maximum atomic E-state index is 12.4. The molecular weight excluding hydrogens is 402 g/mol. The number of amides is 1. The van der Waals surface area contributed by atoms with E-state index < -0.39 is 0 Å². The second kappa shape index (κ2) is 9.98. The fraction of sp³-hybridized carbons (Fsp3) is 0.217. The van der Waals surface area contributed by atoms with Crippen molar-refractivity contribution in [3.8, 4) is 17.2 Å². The molecule has 1 aromatic heterocycles. The molecule has 1 heterocycles. The maximum absolute atomic E-state index is 12.4. The molecule has 0 bridgehead atoms. The van der Waals surface area contributed by atoms with Gasteiger partial charge >= 0.3 is 0 Å². The van der Waals surface area contributed by atoms with Gasteiger partial charge in [-0.3, -0.25) is 4.79 Å². The highest BCUT2D eigenvalue weighted by Crippen LogP contribution is 2.36. The van der Waals surface area contributed by atoms with E-state index in [4.69, 9.17) is 21.1 Å². The molecule has 3 rings (SSSR count). The summed E-state index contributed by atoms with van der Waals surface area (Å²) in [7, 11) is 1.54. The number of benzene rings is 2. The first-order valence-electron chi connectivity index (χ1n) is 9.59. The predicted molar refractivity (Wildman–Crippen MR) is 118 cm³/mol. The minimum Gasteiger partial charge on any atom is -0.491 e. The van der Waals surface area contributed by atoms with Crippen LogP contribution in [0.2, 0.25) is 5.02 Å². The molecule has 0 radical (unpaired) electrons. The van der Waals surface area contributed by atoms with Crippen molar-refractivity contribution in [1.29, 1.82) is 0 Å². The van der Waals surface area contributed by atoms with Crippen LogP contribution in [0.25, 0.3) is 11.8 Å². The van der Waals surface area contributed by atoms with E-state index in [2.05, 4.69) is 10.3 Å². The number of carbonyl (C=O) groups is 1. The molecule has 0 fully saturated rings. The van der Waals surface area contributed by atoms with Crippen LogP contribution in [0.15, 0.2) is 61.2 Å². The topological polar surface area (TPSA) is 65.4 Å². The SMILES string of the molecule is CCOc1cc(/C=C/C(=O)NC(C)c2ccc(-n3ccnc3)cc2)cc(Cl)c1OC. The Balaban J connectivity index is 1.65. The lowest BCUT2D eigenvalue weighted by Crippen LogP contribution is -2.24. The number of nitrogens with zero attached hydrogens (tertiary/aromatic N) is 2. The van der Waals surface area contributed by atoms with Crippen LogP contribution < -0.4 is 14.8 Å². The van der Waals surface area contributed by atoms with E-state index in [-0.39, 0.29) is 11.9 Å². The molecule has 6 nitrogen and oxygen atoms in total. The van der Waals surface area contributed by atoms with Crippen molar-refractivity contribution in [2.75, 3.05) is 13.7 Å². The van der Waals surface area contributed by atoms with Gasteiger partial charge in [0.25, 0.3) is 0 Å². The van der Waals surface area contributed by atoms with Crippen LogP contribution in [-0.2, 0) is 4.79 Å². The normalized spacial score (nSPS) is 12.0. The average Bonchev–Trinajstić information content (AvgIpc) is 3.27. The summed E-state index contributed by atoms with van der Waals surface area (Å²) in [5.41, 5.74) is 2.76. The molecule has 156 valence electrons. The van der Waals surface area contributed by atoms with Crippen molar-refractivity contribution >= 4 is 23.6 Å². The lowest BCUT2D eigenvalue weighted by Gasteiger charge is -2.14. The first-order chi connectivity index (χ1) is 14.5. The quantitative estimate of drug-likeness (QED) is 0.525. The number of carbonyl (C=O) groups excluding carboxylic acids is 1. The summed E-state index contributed by atoms with van der Waals surface area (Å²) < 4.78 is 12.8. The zero-order valence-corrected chi connectivity index (χ0v) is 17.9. The van der Waals surface area contributed by atoms with Gasteiger partial charge < -0.3 is 19.4 Å². The van der Waals surface area contributed by atoms with Crippen molar-refractivity contribution in [2.45, 2.75) is 19.9 Å². The molecule has 0 saturated heterocycles. The van der Waals surface area contributed by atoms with Gasteiger partial charge in [0, 0.05) is 24.2 Å². The minimum absolute atomic E-state index is 0.141. The highest BCUT2D eigenvalue weighted by molar-refractivity contribution is 6.32. The molecule has 3 aromatic rings. The number of rotatable bonds is 8. The van der Waals surface area contributed by atoms with Crippen molar-refractivity contribution in [2.24, 2.45) is 0 Å². The highest BCUT2D eigenvalue weighted by atomic mass is 35.5. The molecule has 7 heteroatoms. The van der Waals surface area contributed by atoms with Crippen LogP contribution in [-0.4, -0.2) is 29.2 Å². The van der Waals surface area contributed by atoms with Crippen molar-refractivity contribution in [3.63, 3.8) is 0 Å². The molecule has 1 amide bonds. The molecule has 1 atom stereocenters. The van der Waals surface area contributed by atoms with Crippen molar-refractivity contribution in [1.82, 2.24) is 14.9 Å². The Kier molecular flexibility index (Phi) is 7.14. The zero-order chi connectivity index (χ0) is 21.5. The number of aromatic nitrogens is 2. The van der Waals surface area contributed by atoms with E-state index in [0.717, 1.165) is 16.8 Å². The molecule has 0 aliphatic heterocycles. The number of hydrogen-bond donors (Lipinski definition) is 1. The first kappa shape index (κ1) is 21.5. The van der Waals surface area contributed by atoms with E-state index in [1.54, 1.807) is 30.7 Å². The van der Waals surface area contributed by atoms with Gasteiger partial charge in [0.15, 0.2) is 11.5 Å². The van der Waals surface area contributed by atoms with Gasteiger partial charge in [0.05, 0.1) is 31.1 Å². The largest absolute Gasteiger partial charge is 0.491 e. The van der Waals surface area contributed by atoms with Crippen LogP contribution in [0.5, 0.6) is 11.5 Å². The van der Waals surface area contributed by atoms with Gasteiger partial charge in [-0.25, -0.2) is 4.98 Å². The molecule has 0 saturated carbocycles. The predicted octanol–water partition coefficient (Wildman–Crippen LogP) is 4.82. The number of halogens is 1. The smallest absolute Gasteiger partial charge is 0.244 e. The molecule has 1 N–H and O–H groups in total. The van der Waals surface area contributed by atoms with Crippen LogP contribution >= 0.6 is 11.6 Å². The third kappa shape index (κ3) is 5.21. The Hall–Kier alpha value is -3.25. The lowest BCUT2D eigenvalue weighted by atomic mass is 10.1. The summed E-state index contributed by atoms with van der Waals surface area (Å²) in [6, 6.07) is 11.3. The van der Waals surface area contributed by atoms with Crippen molar-refractivity contribution < 1.29 is 14.3 Å². The molecule has 0 aliphatic carbocycles. The third-order valence-electron chi connectivity index (χ3n) is 4.52. The summed E-state index contributed by atoms with van der Waals surface area (Å²) in [5.74, 6) is 0.817. The number of imidazole rings is 1. The standard InChI is InChI=1S/C23H24ClN3O3/c1-4-30-21-14-17(13-20(24)23(21)29-3)5-10-22(28)26-16(2)18-6-8-19(9-7-18)27-12-11-25-15-27/h5-16H,4H2,1-3H3,(H,26,28)/b10-5+.